The highest BCUT2D eigenvalue weighted by Gasteiger charge is 2.32. The van der Waals surface area contributed by atoms with Crippen LogP contribution in [0.25, 0.3) is 0 Å². The molecule has 2 unspecified atom stereocenters. The van der Waals surface area contributed by atoms with E-state index >= 15 is 0 Å². The van der Waals surface area contributed by atoms with Crippen molar-refractivity contribution in [2.45, 2.75) is 45.4 Å². The Bertz CT molecular complexity index is 328. The van der Waals surface area contributed by atoms with E-state index < -0.39 is 29.6 Å². The summed E-state index contributed by atoms with van der Waals surface area (Å²) in [6.07, 6.45) is -0.560. The molecule has 0 bridgehead atoms. The highest BCUT2D eigenvalue weighted by atomic mass is 19.1. The fourth-order valence-corrected chi connectivity index (χ4v) is 2.00. The largest absolute Gasteiger partial charge is 0.444 e. The number of alkyl halides is 1. The van der Waals surface area contributed by atoms with Crippen LogP contribution < -0.4 is 5.73 Å². The van der Waals surface area contributed by atoms with E-state index in [4.69, 9.17) is 15.9 Å². The van der Waals surface area contributed by atoms with Crippen LogP contribution in [0.2, 0.25) is 0 Å². The van der Waals surface area contributed by atoms with Gasteiger partial charge in [-0.15, -0.1) is 0 Å². The molecule has 104 valence electrons. The zero-order valence-electron chi connectivity index (χ0n) is 11.2. The minimum atomic E-state index is -1.48. The molecule has 3 N–H and O–H groups in total. The van der Waals surface area contributed by atoms with E-state index in [-0.39, 0.29) is 6.54 Å². The van der Waals surface area contributed by atoms with Crippen molar-refractivity contribution >= 4 is 11.9 Å². The minimum absolute atomic E-state index is 0.260. The number of nitrogens with two attached hydrogens (primary N) is 1. The monoisotopic (exact) mass is 259 g/mol. The van der Waals surface area contributed by atoms with Crippen molar-refractivity contribution in [1.29, 1.82) is 5.41 Å². The standard InChI is InChI=1S/C12H22FN3O2/c1-12(2,3)18-11(17)16-6-4-5-8(7-16)9(13)10(14)15/h8-9H,4-7H2,1-3H3,(H3,14,15). The van der Waals surface area contributed by atoms with Crippen molar-refractivity contribution in [2.75, 3.05) is 13.1 Å². The van der Waals surface area contributed by atoms with Crippen LogP contribution in [-0.4, -0.2) is 41.7 Å². The number of amides is 1. The minimum Gasteiger partial charge on any atom is -0.444 e. The number of nitrogens with one attached hydrogen (secondary N) is 1. The molecule has 1 heterocycles. The van der Waals surface area contributed by atoms with Crippen LogP contribution in [0, 0.1) is 11.3 Å². The van der Waals surface area contributed by atoms with E-state index in [2.05, 4.69) is 0 Å². The van der Waals surface area contributed by atoms with Crippen molar-refractivity contribution in [2.24, 2.45) is 11.7 Å². The summed E-state index contributed by atoms with van der Waals surface area (Å²) in [4.78, 5) is 13.3. The van der Waals surface area contributed by atoms with Gasteiger partial charge in [-0.1, -0.05) is 0 Å². The first-order valence-corrected chi connectivity index (χ1v) is 6.16. The van der Waals surface area contributed by atoms with E-state index in [0.717, 1.165) is 0 Å². The van der Waals surface area contributed by atoms with Crippen molar-refractivity contribution in [3.8, 4) is 0 Å². The van der Waals surface area contributed by atoms with E-state index in [1.54, 1.807) is 20.8 Å². The second kappa shape index (κ2) is 5.54. The molecule has 18 heavy (non-hydrogen) atoms. The Balaban J connectivity index is 2.58. The molecule has 1 aliphatic rings. The van der Waals surface area contributed by atoms with Crippen LogP contribution in [-0.2, 0) is 4.74 Å². The Labute approximate surface area is 107 Å². The molecule has 5 nitrogen and oxygen atoms in total. The summed E-state index contributed by atoms with van der Waals surface area (Å²) in [6, 6.07) is 0. The quantitative estimate of drug-likeness (QED) is 0.587. The summed E-state index contributed by atoms with van der Waals surface area (Å²) >= 11 is 0. The summed E-state index contributed by atoms with van der Waals surface area (Å²) < 4.78 is 18.9. The molecule has 1 saturated heterocycles. The fraction of sp³-hybridized carbons (Fsp3) is 0.833. The summed E-state index contributed by atoms with van der Waals surface area (Å²) in [5, 5.41) is 7.12. The van der Waals surface area contributed by atoms with Gasteiger partial charge in [0, 0.05) is 19.0 Å². The maximum atomic E-state index is 13.7. The molecule has 0 saturated carbocycles. The number of amidine groups is 1. The lowest BCUT2D eigenvalue weighted by atomic mass is 9.93. The normalized spacial score (nSPS) is 22.4. The second-order valence-corrected chi connectivity index (χ2v) is 5.69. The van der Waals surface area contributed by atoms with Crippen LogP contribution in [0.3, 0.4) is 0 Å². The van der Waals surface area contributed by atoms with Gasteiger partial charge in [-0.2, -0.15) is 0 Å². The molecule has 1 amide bonds. The predicted molar refractivity (Wildman–Crippen MR) is 67.3 cm³/mol. The average Bonchev–Trinajstić information content (AvgIpc) is 2.25. The molecule has 6 heteroatoms. The molecule has 1 aliphatic heterocycles. The van der Waals surface area contributed by atoms with Crippen LogP contribution >= 0.6 is 0 Å². The summed E-state index contributed by atoms with van der Waals surface area (Å²) in [7, 11) is 0. The number of halogens is 1. The first kappa shape index (κ1) is 14.7. The van der Waals surface area contributed by atoms with Gasteiger partial charge in [-0.3, -0.25) is 5.41 Å². The topological polar surface area (TPSA) is 79.4 Å². The summed E-state index contributed by atoms with van der Waals surface area (Å²) in [5.41, 5.74) is 4.61. The maximum Gasteiger partial charge on any atom is 0.410 e. The molecular weight excluding hydrogens is 237 g/mol. The van der Waals surface area contributed by atoms with Crippen LogP contribution in [0.5, 0.6) is 0 Å². The first-order valence-electron chi connectivity index (χ1n) is 6.16. The molecule has 0 aromatic rings. The smallest absolute Gasteiger partial charge is 0.410 e. The molecule has 0 radical (unpaired) electrons. The summed E-state index contributed by atoms with van der Waals surface area (Å²) in [6.45, 7) is 6.20. The number of piperidine rings is 1. The highest BCUT2D eigenvalue weighted by molar-refractivity contribution is 5.82. The third-order valence-electron chi connectivity index (χ3n) is 2.82. The Kier molecular flexibility index (Phi) is 4.53. The predicted octanol–water partition coefficient (Wildman–Crippen LogP) is 1.91. The van der Waals surface area contributed by atoms with Crippen LogP contribution in [0.15, 0.2) is 0 Å². The van der Waals surface area contributed by atoms with Gasteiger partial charge in [0.05, 0.1) is 0 Å². The molecular formula is C12H22FN3O2. The fourth-order valence-electron chi connectivity index (χ4n) is 2.00. The Hall–Kier alpha value is -1.33. The first-order chi connectivity index (χ1) is 8.20. The summed E-state index contributed by atoms with van der Waals surface area (Å²) in [5.74, 6) is -0.866. The molecule has 0 spiro atoms. The van der Waals surface area contributed by atoms with E-state index in [1.807, 2.05) is 0 Å². The Morgan fingerprint density at radius 3 is 2.67 bits per heavy atom. The number of carbonyl (C=O) groups excluding carboxylic acids is 1. The van der Waals surface area contributed by atoms with Gasteiger partial charge in [0.25, 0.3) is 0 Å². The van der Waals surface area contributed by atoms with Crippen molar-refractivity contribution in [3.63, 3.8) is 0 Å². The maximum absolute atomic E-state index is 13.7. The third-order valence-corrected chi connectivity index (χ3v) is 2.82. The average molecular weight is 259 g/mol. The van der Waals surface area contributed by atoms with Crippen LogP contribution in [0.4, 0.5) is 9.18 Å². The number of hydrogen-bond donors (Lipinski definition) is 2. The van der Waals surface area contributed by atoms with E-state index in [9.17, 15) is 9.18 Å². The third kappa shape index (κ3) is 4.16. The van der Waals surface area contributed by atoms with Crippen molar-refractivity contribution in [3.05, 3.63) is 0 Å². The lowest BCUT2D eigenvalue weighted by Crippen LogP contribution is -2.47. The van der Waals surface area contributed by atoms with E-state index in [1.165, 1.54) is 4.90 Å². The second-order valence-electron chi connectivity index (χ2n) is 5.69. The number of ether oxygens (including phenoxy) is 1. The number of hydrogen-bond acceptors (Lipinski definition) is 3. The van der Waals surface area contributed by atoms with E-state index in [0.29, 0.717) is 19.4 Å². The van der Waals surface area contributed by atoms with Crippen molar-refractivity contribution in [1.82, 2.24) is 4.90 Å². The number of likely N-dealkylation sites (tertiary alicyclic amines) is 1. The zero-order chi connectivity index (χ0) is 13.9. The lowest BCUT2D eigenvalue weighted by Gasteiger charge is -2.35. The molecule has 0 aromatic heterocycles. The Morgan fingerprint density at radius 2 is 2.17 bits per heavy atom. The molecule has 1 fully saturated rings. The number of carbonyl (C=O) groups is 1. The molecule has 2 atom stereocenters. The SMILES string of the molecule is CC(C)(C)OC(=O)N1CCCC(C(F)C(=N)N)C1. The van der Waals surface area contributed by atoms with Crippen molar-refractivity contribution < 1.29 is 13.9 Å². The van der Waals surface area contributed by atoms with Crippen LogP contribution in [0.1, 0.15) is 33.6 Å². The number of nitrogens with zero attached hydrogens (tertiary/aromatic N) is 1. The lowest BCUT2D eigenvalue weighted by molar-refractivity contribution is 0.0137. The van der Waals surface area contributed by atoms with Gasteiger partial charge in [0.2, 0.25) is 0 Å². The number of rotatable bonds is 2. The molecule has 0 aliphatic carbocycles. The highest BCUT2D eigenvalue weighted by Crippen LogP contribution is 2.23. The zero-order valence-corrected chi connectivity index (χ0v) is 11.2. The molecule has 0 aromatic carbocycles. The van der Waals surface area contributed by atoms with Gasteiger partial charge in [-0.25, -0.2) is 9.18 Å². The van der Waals surface area contributed by atoms with Gasteiger partial charge >= 0.3 is 6.09 Å². The van der Waals surface area contributed by atoms with Gasteiger partial charge in [0.15, 0.2) is 6.17 Å². The Morgan fingerprint density at radius 1 is 1.56 bits per heavy atom. The van der Waals surface area contributed by atoms with Gasteiger partial charge < -0.3 is 15.4 Å². The molecule has 1 rings (SSSR count). The van der Waals surface area contributed by atoms with Gasteiger partial charge in [-0.05, 0) is 33.6 Å². The van der Waals surface area contributed by atoms with Gasteiger partial charge in [0.1, 0.15) is 11.4 Å².